The maximum Gasteiger partial charge on any atom is 0.130 e. The molecule has 0 amide bonds. The van der Waals surface area contributed by atoms with E-state index in [9.17, 15) is 0 Å². The molecule has 0 saturated heterocycles. The number of nitrogens with zero attached hydrogens (tertiary/aromatic N) is 3. The summed E-state index contributed by atoms with van der Waals surface area (Å²) in [6.07, 6.45) is 7.76. The molecule has 0 unspecified atom stereocenters. The predicted octanol–water partition coefficient (Wildman–Crippen LogP) is 5.24. The lowest BCUT2D eigenvalue weighted by atomic mass is 10.0. The summed E-state index contributed by atoms with van der Waals surface area (Å²) in [6, 6.07) is 10.6. The van der Waals surface area contributed by atoms with Gasteiger partial charge < -0.3 is 15.6 Å². The highest BCUT2D eigenvalue weighted by atomic mass is 15.1. The highest BCUT2D eigenvalue weighted by Crippen LogP contribution is 2.31. The number of pyridine rings is 1. The third-order valence-corrected chi connectivity index (χ3v) is 5.65. The van der Waals surface area contributed by atoms with Crippen LogP contribution in [0, 0.1) is 23.7 Å². The fourth-order valence-corrected chi connectivity index (χ4v) is 3.72. The van der Waals surface area contributed by atoms with Crippen LogP contribution >= 0.6 is 0 Å². The largest absolute Gasteiger partial charge is 0.371 e. The lowest BCUT2D eigenvalue weighted by Gasteiger charge is -2.25. The van der Waals surface area contributed by atoms with Crippen molar-refractivity contribution in [2.24, 2.45) is 0 Å². The van der Waals surface area contributed by atoms with Gasteiger partial charge in [-0.3, -0.25) is 0 Å². The lowest BCUT2D eigenvalue weighted by Crippen LogP contribution is -2.27. The SMILES string of the molecule is C=C1CCc2cc(CCN(C/C(C=N)=C/Nc3cc(C)c(C#N)cn3)C(=C)C)ccc21. The molecule has 2 aromatic rings. The molecule has 158 valence electrons. The molecule has 0 radical (unpaired) electrons. The number of hydrogen-bond donors (Lipinski definition) is 2. The van der Waals surface area contributed by atoms with Gasteiger partial charge in [0.15, 0.2) is 0 Å². The fourth-order valence-electron chi connectivity index (χ4n) is 3.72. The Balaban J connectivity index is 1.64. The zero-order chi connectivity index (χ0) is 22.4. The zero-order valence-electron chi connectivity index (χ0n) is 18.3. The van der Waals surface area contributed by atoms with Crippen molar-refractivity contribution in [3.8, 4) is 6.07 Å². The smallest absolute Gasteiger partial charge is 0.130 e. The van der Waals surface area contributed by atoms with Crippen LogP contribution < -0.4 is 5.32 Å². The first-order chi connectivity index (χ1) is 14.9. The van der Waals surface area contributed by atoms with Gasteiger partial charge in [-0.1, -0.05) is 31.4 Å². The molecule has 1 aromatic carbocycles. The first-order valence-electron chi connectivity index (χ1n) is 10.4. The monoisotopic (exact) mass is 411 g/mol. The topological polar surface area (TPSA) is 75.8 Å². The van der Waals surface area contributed by atoms with Crippen LogP contribution in [0.4, 0.5) is 5.82 Å². The highest BCUT2D eigenvalue weighted by molar-refractivity contribution is 5.77. The summed E-state index contributed by atoms with van der Waals surface area (Å²) in [6.45, 7) is 13.6. The second-order valence-corrected chi connectivity index (χ2v) is 8.01. The number of nitrogens with one attached hydrogen (secondary N) is 2. The van der Waals surface area contributed by atoms with E-state index < -0.39 is 0 Å². The van der Waals surface area contributed by atoms with E-state index in [1.165, 1.54) is 28.5 Å². The van der Waals surface area contributed by atoms with Crippen LogP contribution in [0.5, 0.6) is 0 Å². The molecule has 0 aliphatic heterocycles. The summed E-state index contributed by atoms with van der Waals surface area (Å²) in [5.41, 5.74) is 8.48. The first kappa shape index (κ1) is 22.0. The van der Waals surface area contributed by atoms with Crippen LogP contribution in [0.15, 0.2) is 61.1 Å². The van der Waals surface area contributed by atoms with Gasteiger partial charge in [0.05, 0.1) is 5.56 Å². The minimum absolute atomic E-state index is 0.561. The van der Waals surface area contributed by atoms with Crippen molar-refractivity contribution in [3.05, 3.63) is 88.9 Å². The van der Waals surface area contributed by atoms with E-state index in [1.807, 2.05) is 19.9 Å². The van der Waals surface area contributed by atoms with Gasteiger partial charge in [-0.2, -0.15) is 5.26 Å². The molecule has 2 N–H and O–H groups in total. The van der Waals surface area contributed by atoms with Crippen molar-refractivity contribution >= 4 is 17.6 Å². The van der Waals surface area contributed by atoms with E-state index in [4.69, 9.17) is 10.7 Å². The second-order valence-electron chi connectivity index (χ2n) is 8.01. The second kappa shape index (κ2) is 9.90. The maximum atomic E-state index is 9.04. The molecule has 5 heteroatoms. The van der Waals surface area contributed by atoms with Gasteiger partial charge in [0.1, 0.15) is 11.9 Å². The van der Waals surface area contributed by atoms with Gasteiger partial charge in [-0.15, -0.1) is 0 Å². The summed E-state index contributed by atoms with van der Waals surface area (Å²) in [4.78, 5) is 6.43. The molecule has 3 rings (SSSR count). The van der Waals surface area contributed by atoms with E-state index in [0.717, 1.165) is 42.6 Å². The first-order valence-corrected chi connectivity index (χ1v) is 10.4. The number of anilines is 1. The van der Waals surface area contributed by atoms with Gasteiger partial charge in [0.2, 0.25) is 0 Å². The van der Waals surface area contributed by atoms with E-state index in [2.05, 4.69) is 52.6 Å². The summed E-state index contributed by atoms with van der Waals surface area (Å²) in [7, 11) is 0. The summed E-state index contributed by atoms with van der Waals surface area (Å²) in [5, 5.41) is 20.0. The number of aryl methyl sites for hydroxylation is 2. The fraction of sp³-hybridized carbons (Fsp3) is 0.269. The van der Waals surface area contributed by atoms with Crippen LogP contribution in [-0.4, -0.2) is 29.2 Å². The number of rotatable bonds is 9. The molecule has 1 aliphatic carbocycles. The summed E-state index contributed by atoms with van der Waals surface area (Å²) < 4.78 is 0. The molecule has 31 heavy (non-hydrogen) atoms. The number of allylic oxidation sites excluding steroid dienone is 2. The predicted molar refractivity (Wildman–Crippen MR) is 128 cm³/mol. The molecule has 0 atom stereocenters. The number of nitriles is 1. The van der Waals surface area contributed by atoms with Crippen molar-refractivity contribution in [2.75, 3.05) is 18.4 Å². The summed E-state index contributed by atoms with van der Waals surface area (Å²) >= 11 is 0. The third kappa shape index (κ3) is 5.49. The van der Waals surface area contributed by atoms with Gasteiger partial charge in [0.25, 0.3) is 0 Å². The van der Waals surface area contributed by atoms with Crippen LogP contribution in [0.2, 0.25) is 0 Å². The number of benzene rings is 1. The minimum Gasteiger partial charge on any atom is -0.371 e. The Morgan fingerprint density at radius 2 is 2.16 bits per heavy atom. The van der Waals surface area contributed by atoms with Crippen LogP contribution in [0.3, 0.4) is 0 Å². The Morgan fingerprint density at radius 3 is 2.84 bits per heavy atom. The number of fused-ring (bicyclic) bond motifs is 1. The molecule has 0 bridgehead atoms. The summed E-state index contributed by atoms with van der Waals surface area (Å²) in [5.74, 6) is 0.650. The van der Waals surface area contributed by atoms with Crippen molar-refractivity contribution in [1.82, 2.24) is 9.88 Å². The van der Waals surface area contributed by atoms with Crippen molar-refractivity contribution in [1.29, 1.82) is 10.7 Å². The highest BCUT2D eigenvalue weighted by Gasteiger charge is 2.15. The van der Waals surface area contributed by atoms with Crippen LogP contribution in [-0.2, 0) is 12.8 Å². The number of aromatic nitrogens is 1. The average molecular weight is 412 g/mol. The van der Waals surface area contributed by atoms with Crippen LogP contribution in [0.1, 0.15) is 41.2 Å². The van der Waals surface area contributed by atoms with Gasteiger partial charge in [-0.25, -0.2) is 4.98 Å². The van der Waals surface area contributed by atoms with E-state index >= 15 is 0 Å². The standard InChI is InChI=1S/C26H29N5/c1-18(2)31(10-9-21-6-8-25-19(3)5-7-23(25)12-21)17-22(13-27)15-29-26-11-20(4)24(14-28)16-30-26/h6,8,11-13,15-16,27H,1,3,5,7,9-10,17H2,2,4H3,(H,29,30)/b22-15+,27-13?. The Labute approximate surface area is 184 Å². The minimum atomic E-state index is 0.561. The zero-order valence-corrected chi connectivity index (χ0v) is 18.3. The molecule has 0 saturated carbocycles. The Bertz CT molecular complexity index is 1090. The van der Waals surface area contributed by atoms with E-state index in [-0.39, 0.29) is 0 Å². The lowest BCUT2D eigenvalue weighted by molar-refractivity contribution is 0.383. The van der Waals surface area contributed by atoms with Gasteiger partial charge >= 0.3 is 0 Å². The molecular formula is C26H29N5. The molecule has 1 heterocycles. The third-order valence-electron chi connectivity index (χ3n) is 5.65. The Morgan fingerprint density at radius 1 is 1.35 bits per heavy atom. The maximum absolute atomic E-state index is 9.04. The van der Waals surface area contributed by atoms with Crippen LogP contribution in [0.25, 0.3) is 5.57 Å². The van der Waals surface area contributed by atoms with E-state index in [1.54, 1.807) is 12.4 Å². The molecular weight excluding hydrogens is 382 g/mol. The van der Waals surface area contributed by atoms with E-state index in [0.29, 0.717) is 17.9 Å². The van der Waals surface area contributed by atoms with Crippen molar-refractivity contribution < 1.29 is 0 Å². The van der Waals surface area contributed by atoms with Gasteiger partial charge in [-0.05, 0) is 67.0 Å². The normalized spacial score (nSPS) is 12.8. The molecule has 0 spiro atoms. The average Bonchev–Trinajstić information content (AvgIpc) is 3.13. The molecule has 1 aromatic heterocycles. The Kier molecular flexibility index (Phi) is 7.04. The van der Waals surface area contributed by atoms with Gasteiger partial charge in [0, 0.05) is 43.0 Å². The molecule has 1 aliphatic rings. The molecule has 0 fully saturated rings. The van der Waals surface area contributed by atoms with Crippen molar-refractivity contribution in [3.63, 3.8) is 0 Å². The quantitative estimate of drug-likeness (QED) is 0.553. The molecule has 5 nitrogen and oxygen atoms in total. The Hall–Kier alpha value is -3.65. The number of hydrogen-bond acceptors (Lipinski definition) is 5. The van der Waals surface area contributed by atoms with Crippen molar-refractivity contribution in [2.45, 2.75) is 33.1 Å².